The first-order valence-electron chi connectivity index (χ1n) is 13.0. The number of imidazole rings is 1. The van der Waals surface area contributed by atoms with Crippen LogP contribution in [-0.4, -0.2) is 67.9 Å². The summed E-state index contributed by atoms with van der Waals surface area (Å²) in [7, 11) is 3.12. The molecule has 1 aromatic carbocycles. The van der Waals surface area contributed by atoms with E-state index >= 15 is 0 Å². The third-order valence-corrected chi connectivity index (χ3v) is 6.61. The summed E-state index contributed by atoms with van der Waals surface area (Å²) in [6, 6.07) is 5.46. The molecule has 1 aliphatic rings. The highest BCUT2D eigenvalue weighted by Crippen LogP contribution is 2.40. The van der Waals surface area contributed by atoms with E-state index in [1.165, 1.54) is 13.2 Å². The van der Waals surface area contributed by atoms with E-state index in [0.717, 1.165) is 17.0 Å². The number of morpholine rings is 1. The smallest absolute Gasteiger partial charge is 0.412 e. The summed E-state index contributed by atoms with van der Waals surface area (Å²) < 4.78 is 25.5. The Morgan fingerprint density at radius 3 is 2.44 bits per heavy atom. The number of carbonyl (C=O) groups is 2. The van der Waals surface area contributed by atoms with Gasteiger partial charge >= 0.3 is 6.09 Å². The molecule has 1 aliphatic heterocycles. The van der Waals surface area contributed by atoms with E-state index in [4.69, 9.17) is 24.4 Å². The van der Waals surface area contributed by atoms with Crippen LogP contribution in [0.15, 0.2) is 30.6 Å². The Morgan fingerprint density at radius 2 is 1.82 bits per heavy atom. The third kappa shape index (κ3) is 5.88. The number of hydrogen-bond donors (Lipinski definition) is 2. The fourth-order valence-electron chi connectivity index (χ4n) is 4.62. The van der Waals surface area contributed by atoms with E-state index < -0.39 is 6.09 Å². The van der Waals surface area contributed by atoms with Crippen LogP contribution in [-0.2, 0) is 16.7 Å². The maximum absolute atomic E-state index is 13.7. The SMILES string of the molecule is CCOc1cc2cn(CC(=O)c3cc(N4CCOCC4)c(OC)c(C(C)(C)C)c3)c(=N)n2cc1OC(=O)NC. The van der Waals surface area contributed by atoms with Crippen molar-refractivity contribution in [2.45, 2.75) is 39.7 Å². The van der Waals surface area contributed by atoms with Gasteiger partial charge in [0.25, 0.3) is 0 Å². The maximum Gasteiger partial charge on any atom is 0.412 e. The lowest BCUT2D eigenvalue weighted by Crippen LogP contribution is -2.37. The second kappa shape index (κ2) is 11.4. The van der Waals surface area contributed by atoms with Crippen LogP contribution in [0.2, 0.25) is 0 Å². The van der Waals surface area contributed by atoms with Gasteiger partial charge in [0.2, 0.25) is 5.62 Å². The summed E-state index contributed by atoms with van der Waals surface area (Å²) in [5, 5.41) is 11.1. The van der Waals surface area contributed by atoms with Gasteiger partial charge in [0.1, 0.15) is 5.75 Å². The van der Waals surface area contributed by atoms with Gasteiger partial charge in [0.15, 0.2) is 17.3 Å². The second-order valence-electron chi connectivity index (χ2n) is 10.3. The van der Waals surface area contributed by atoms with Crippen molar-refractivity contribution in [1.29, 1.82) is 5.41 Å². The van der Waals surface area contributed by atoms with Crippen molar-refractivity contribution in [3.8, 4) is 17.2 Å². The molecule has 1 fully saturated rings. The maximum atomic E-state index is 13.7. The highest BCUT2D eigenvalue weighted by Gasteiger charge is 2.27. The van der Waals surface area contributed by atoms with Crippen molar-refractivity contribution < 1.29 is 28.5 Å². The van der Waals surface area contributed by atoms with Crippen molar-refractivity contribution in [1.82, 2.24) is 14.3 Å². The number of Topliss-reactive ketones (excluding diaryl/α,β-unsaturated/α-hetero) is 1. The largest absolute Gasteiger partial charge is 0.494 e. The lowest BCUT2D eigenvalue weighted by atomic mass is 9.84. The van der Waals surface area contributed by atoms with Gasteiger partial charge in [-0.25, -0.2) is 4.79 Å². The number of ketones is 1. The van der Waals surface area contributed by atoms with E-state index in [1.54, 1.807) is 28.3 Å². The molecule has 2 aromatic heterocycles. The molecule has 0 spiro atoms. The van der Waals surface area contributed by atoms with E-state index in [2.05, 4.69) is 31.0 Å². The predicted octanol–water partition coefficient (Wildman–Crippen LogP) is 3.36. The monoisotopic (exact) mass is 539 g/mol. The first-order valence-corrected chi connectivity index (χ1v) is 13.0. The summed E-state index contributed by atoms with van der Waals surface area (Å²) in [5.41, 5.74) is 2.77. The van der Waals surface area contributed by atoms with E-state index in [-0.39, 0.29) is 29.1 Å². The van der Waals surface area contributed by atoms with E-state index in [1.807, 2.05) is 19.1 Å². The summed E-state index contributed by atoms with van der Waals surface area (Å²) >= 11 is 0. The number of rotatable bonds is 8. The van der Waals surface area contributed by atoms with E-state index in [9.17, 15) is 9.59 Å². The zero-order valence-corrected chi connectivity index (χ0v) is 23.4. The van der Waals surface area contributed by atoms with E-state index in [0.29, 0.717) is 49.7 Å². The molecule has 11 heteroatoms. The van der Waals surface area contributed by atoms with Crippen LogP contribution in [0.4, 0.5) is 10.5 Å². The number of pyridine rings is 1. The highest BCUT2D eigenvalue weighted by molar-refractivity contribution is 5.98. The van der Waals surface area contributed by atoms with Crippen LogP contribution in [0, 0.1) is 5.41 Å². The van der Waals surface area contributed by atoms with Crippen LogP contribution in [0.1, 0.15) is 43.6 Å². The highest BCUT2D eigenvalue weighted by atomic mass is 16.6. The number of nitrogens with one attached hydrogen (secondary N) is 2. The Balaban J connectivity index is 1.74. The summed E-state index contributed by atoms with van der Waals surface area (Å²) in [4.78, 5) is 27.7. The number of benzene rings is 1. The minimum Gasteiger partial charge on any atom is -0.494 e. The zero-order valence-electron chi connectivity index (χ0n) is 23.4. The average molecular weight is 540 g/mol. The Kier molecular flexibility index (Phi) is 8.19. The van der Waals surface area contributed by atoms with Crippen molar-refractivity contribution in [2.75, 3.05) is 52.0 Å². The molecule has 1 saturated heterocycles. The Labute approximate surface area is 227 Å². The second-order valence-corrected chi connectivity index (χ2v) is 10.3. The topological polar surface area (TPSA) is 120 Å². The van der Waals surface area contributed by atoms with Crippen molar-refractivity contribution in [3.05, 3.63) is 47.3 Å². The number of ether oxygens (including phenoxy) is 4. The first kappa shape index (κ1) is 28.0. The van der Waals surface area contributed by atoms with Gasteiger partial charge in [0.05, 0.1) is 50.9 Å². The van der Waals surface area contributed by atoms with Crippen molar-refractivity contribution in [2.24, 2.45) is 0 Å². The minimum absolute atomic E-state index is 0.0470. The van der Waals surface area contributed by atoms with Gasteiger partial charge in [-0.2, -0.15) is 0 Å². The normalized spacial score (nSPS) is 13.8. The molecule has 4 rings (SSSR count). The molecule has 3 aromatic rings. The van der Waals surface area contributed by atoms with Crippen molar-refractivity contribution >= 4 is 23.1 Å². The molecular weight excluding hydrogens is 502 g/mol. The fraction of sp³-hybridized carbons (Fsp3) is 0.464. The molecule has 210 valence electrons. The average Bonchev–Trinajstić information content (AvgIpc) is 3.21. The molecule has 11 nitrogen and oxygen atoms in total. The van der Waals surface area contributed by atoms with Gasteiger partial charge in [-0.15, -0.1) is 0 Å². The number of carbonyl (C=O) groups excluding carboxylic acids is 2. The molecule has 2 N–H and O–H groups in total. The number of hydrogen-bond acceptors (Lipinski definition) is 8. The zero-order chi connectivity index (χ0) is 28.3. The molecule has 0 aliphatic carbocycles. The number of aromatic nitrogens is 2. The molecule has 0 bridgehead atoms. The summed E-state index contributed by atoms with van der Waals surface area (Å²) in [5.74, 6) is 1.16. The molecule has 0 radical (unpaired) electrons. The molecule has 0 unspecified atom stereocenters. The van der Waals surface area contributed by atoms with Gasteiger partial charge in [-0.1, -0.05) is 20.8 Å². The van der Waals surface area contributed by atoms with Crippen LogP contribution >= 0.6 is 0 Å². The molecule has 0 saturated carbocycles. The van der Waals surface area contributed by atoms with Crippen LogP contribution in [0.3, 0.4) is 0 Å². The number of methoxy groups -OCH3 is 1. The first-order chi connectivity index (χ1) is 18.6. The third-order valence-electron chi connectivity index (χ3n) is 6.61. The Hall–Kier alpha value is -3.99. The molecule has 39 heavy (non-hydrogen) atoms. The Morgan fingerprint density at radius 1 is 1.10 bits per heavy atom. The quantitative estimate of drug-likeness (QED) is 0.421. The van der Waals surface area contributed by atoms with Gasteiger partial charge < -0.3 is 33.7 Å². The number of fused-ring (bicyclic) bond motifs is 1. The Bertz CT molecular complexity index is 1430. The lowest BCUT2D eigenvalue weighted by Gasteiger charge is -2.33. The van der Waals surface area contributed by atoms with Crippen LogP contribution < -0.4 is 30.0 Å². The standard InChI is InChI=1S/C28H37N5O6/c1-7-38-23-14-19-15-32(26(29)33(19)17-24(23)39-27(35)30-5)16-22(34)18-12-20(28(2,3)4)25(36-6)21(13-18)31-8-10-37-11-9-31/h12-15,17,29H,7-11,16H2,1-6H3,(H,30,35). The number of anilines is 1. The molecule has 3 heterocycles. The van der Waals surface area contributed by atoms with Crippen LogP contribution in [0.5, 0.6) is 17.2 Å². The van der Waals surface area contributed by atoms with Gasteiger partial charge in [-0.05, 0) is 24.5 Å². The molecule has 0 atom stereocenters. The van der Waals surface area contributed by atoms with Crippen LogP contribution in [0.25, 0.3) is 5.52 Å². The number of nitrogens with zero attached hydrogens (tertiary/aromatic N) is 3. The molecule has 1 amide bonds. The molecular formula is C28H37N5O6. The predicted molar refractivity (Wildman–Crippen MR) is 147 cm³/mol. The fourth-order valence-corrected chi connectivity index (χ4v) is 4.62. The van der Waals surface area contributed by atoms with Gasteiger partial charge in [0, 0.05) is 43.5 Å². The minimum atomic E-state index is -0.651. The number of amides is 1. The summed E-state index contributed by atoms with van der Waals surface area (Å²) in [6.07, 6.45) is 2.58. The summed E-state index contributed by atoms with van der Waals surface area (Å²) in [6.45, 7) is 11.0. The van der Waals surface area contributed by atoms with Crippen molar-refractivity contribution in [3.63, 3.8) is 0 Å². The lowest BCUT2D eigenvalue weighted by molar-refractivity contribution is 0.0970. The van der Waals surface area contributed by atoms with Gasteiger partial charge in [-0.3, -0.25) is 14.6 Å².